The third-order valence-electron chi connectivity index (χ3n) is 0. The van der Waals surface area contributed by atoms with E-state index in [1.165, 1.54) is 0 Å². The summed E-state index contributed by atoms with van der Waals surface area (Å²) in [4.78, 5) is 0. The third-order valence-corrected chi connectivity index (χ3v) is 0. The third kappa shape index (κ3) is 80.4. The Morgan fingerprint density at radius 2 is 0.625 bits per heavy atom. The average molecular weight is 425 g/mol. The zero-order valence-corrected chi connectivity index (χ0v) is 11.2. The van der Waals surface area contributed by atoms with Crippen LogP contribution < -0.4 is 0 Å². The van der Waals surface area contributed by atoms with E-state index >= 15 is 0 Å². The van der Waals surface area contributed by atoms with Gasteiger partial charge in [-0.1, -0.05) is 0 Å². The Balaban J connectivity index is -0.0000000267. The average Bonchev–Trinajstić information content (AvgIpc) is 0.722. The molecule has 8 heteroatoms. The van der Waals surface area contributed by atoms with Crippen LogP contribution >= 0.6 is 55.2 Å². The predicted molar refractivity (Wildman–Crippen MR) is 46.5 cm³/mol. The van der Waals surface area contributed by atoms with Crippen LogP contribution in [0.2, 0.25) is 0 Å². The van der Waals surface area contributed by atoms with Gasteiger partial charge in [-0.05, 0) is 0 Å². The van der Waals surface area contributed by atoms with Crippen LogP contribution in [0, 0.1) is 0 Å². The molecule has 6 N–H and O–H groups in total. The van der Waals surface area contributed by atoms with Crippen LogP contribution in [0.4, 0.5) is 0 Å². The molecule has 3 nitrogen and oxygen atoms in total. The summed E-state index contributed by atoms with van der Waals surface area (Å²) in [6.07, 6.45) is -1.62. The summed E-state index contributed by atoms with van der Waals surface area (Å²) < 4.78 is 0. The summed E-state index contributed by atoms with van der Waals surface area (Å²) in [5.41, 5.74) is 0. The van der Waals surface area contributed by atoms with Crippen molar-refractivity contribution in [2.75, 3.05) is 0 Å². The summed E-state index contributed by atoms with van der Waals surface area (Å²) in [6, 6.07) is 0. The Hall–Kier alpha value is 2.38. The van der Waals surface area contributed by atoms with Gasteiger partial charge in [0.1, 0.15) is 0 Å². The minimum atomic E-state index is -1.62. The van der Waals surface area contributed by atoms with Gasteiger partial charge in [-0.25, -0.2) is 0 Å². The molecule has 0 rings (SSSR count). The molecule has 0 aromatic heterocycles. The van der Waals surface area contributed by atoms with Crippen LogP contribution in [0.3, 0.4) is 0 Å². The first-order valence-electron chi connectivity index (χ1n) is 0.676. The van der Waals surface area contributed by atoms with E-state index in [9.17, 15) is 0 Å². The van der Waals surface area contributed by atoms with Crippen LogP contribution in [0.15, 0.2) is 0 Å². The summed E-state index contributed by atoms with van der Waals surface area (Å²) in [5.74, 6) is 0. The first-order chi connectivity index (χ1) is 2.00. The van der Waals surface area contributed by atoms with Crippen LogP contribution in [0.25, 0.3) is 0 Å². The molecule has 0 aliphatic carbocycles. The van der Waals surface area contributed by atoms with Crippen molar-refractivity contribution in [2.24, 2.45) is 0 Å². The van der Waals surface area contributed by atoms with Crippen LogP contribution in [-0.2, 0) is 6.42 Å². The van der Waals surface area contributed by atoms with E-state index in [0.29, 0.717) is 0 Å². The molecule has 0 fully saturated rings. The van der Waals surface area contributed by atoms with Crippen molar-refractivity contribution in [1.82, 2.24) is 0 Å². The zero-order valence-electron chi connectivity index (χ0n) is 3.46. The van der Waals surface area contributed by atoms with Gasteiger partial charge in [0.15, 0.2) is 0 Å². The second-order valence-electron chi connectivity index (χ2n) is 0.383. The number of halogens is 4. The fourth-order valence-electron chi connectivity index (χ4n) is 0. The van der Waals surface area contributed by atoms with E-state index in [1.54, 1.807) is 0 Å². The predicted octanol–water partition coefficient (Wildman–Crippen LogP) is 0.906. The van der Waals surface area contributed by atoms with Crippen molar-refractivity contribution in [1.29, 1.82) is 0 Å². The molecule has 8 heavy (non-hydrogen) atoms. The number of hydrogen-bond donors (Lipinski definition) is 0. The molecule has 0 saturated carbocycles. The van der Waals surface area contributed by atoms with Gasteiger partial charge in [0.2, 0.25) is 0 Å². The quantitative estimate of drug-likeness (QED) is 0.553. The van der Waals surface area contributed by atoms with Gasteiger partial charge in [0, 0.05) is 0 Å². The SMILES string of the molecule is O.O.O.[Br][V]([Br])([Br])[Br]. The first-order valence-corrected chi connectivity index (χ1v) is 14.5. The number of hydrogen-bond acceptors (Lipinski definition) is 0. The first kappa shape index (κ1) is 22.4. The van der Waals surface area contributed by atoms with Gasteiger partial charge in [0.05, 0.1) is 0 Å². The van der Waals surface area contributed by atoms with Gasteiger partial charge >= 0.3 is 61.7 Å². The molecule has 0 amide bonds. The van der Waals surface area contributed by atoms with Gasteiger partial charge < -0.3 is 16.4 Å². The molecule has 0 aliphatic heterocycles. The Labute approximate surface area is 77.1 Å². The molecular weight excluding hydrogens is 419 g/mol. The number of rotatable bonds is 0. The van der Waals surface area contributed by atoms with E-state index in [4.69, 9.17) is 0 Å². The van der Waals surface area contributed by atoms with Crippen LogP contribution in [0.5, 0.6) is 0 Å². The molecule has 0 bridgehead atoms. The van der Waals surface area contributed by atoms with Gasteiger partial charge in [-0.3, -0.25) is 0 Å². The standard InChI is InChI=1S/4BrH.3H2O.V/h4*1H;3*1H2;/q;;;;;;;+4/p-4. The fourth-order valence-corrected chi connectivity index (χ4v) is 0. The van der Waals surface area contributed by atoms with Gasteiger partial charge in [-0.15, -0.1) is 0 Å². The maximum atomic E-state index is 3.30. The van der Waals surface area contributed by atoms with Crippen molar-refractivity contribution >= 4 is 55.2 Å². The molecule has 0 aromatic carbocycles. The second kappa shape index (κ2) is 9.38. The summed E-state index contributed by atoms with van der Waals surface area (Å²) >= 11 is 13.2. The molecule has 0 spiro atoms. The Bertz CT molecular complexity index is 26.8. The molecule has 0 saturated heterocycles. The Morgan fingerprint density at radius 3 is 0.625 bits per heavy atom. The second-order valence-corrected chi connectivity index (χ2v) is 42.7. The van der Waals surface area contributed by atoms with Crippen molar-refractivity contribution in [2.45, 2.75) is 0 Å². The monoisotopic (exact) mass is 421 g/mol. The molecule has 0 aliphatic rings. The summed E-state index contributed by atoms with van der Waals surface area (Å²) in [5, 5.41) is 0. The summed E-state index contributed by atoms with van der Waals surface area (Å²) in [6.45, 7) is 0. The van der Waals surface area contributed by atoms with Crippen molar-refractivity contribution in [3.63, 3.8) is 0 Å². The summed E-state index contributed by atoms with van der Waals surface area (Å²) in [7, 11) is 0. The molecule has 0 heterocycles. The van der Waals surface area contributed by atoms with Crippen molar-refractivity contribution in [3.8, 4) is 0 Å². The Kier molecular flexibility index (Phi) is 26.3. The maximum absolute atomic E-state index is 3.30. The van der Waals surface area contributed by atoms with Crippen molar-refractivity contribution in [3.05, 3.63) is 0 Å². The molecule has 0 atom stereocenters. The van der Waals surface area contributed by atoms with E-state index in [2.05, 4.69) is 55.2 Å². The normalized spacial score (nSPS) is 7.50. The topological polar surface area (TPSA) is 94.5 Å². The van der Waals surface area contributed by atoms with E-state index < -0.39 is 6.42 Å². The molecule has 0 radical (unpaired) electrons. The molecule has 57 valence electrons. The van der Waals surface area contributed by atoms with Gasteiger partial charge in [0.25, 0.3) is 0 Å². The van der Waals surface area contributed by atoms with Crippen LogP contribution in [0.1, 0.15) is 0 Å². The van der Waals surface area contributed by atoms with Crippen molar-refractivity contribution < 1.29 is 22.9 Å². The van der Waals surface area contributed by atoms with E-state index in [0.717, 1.165) is 0 Å². The van der Waals surface area contributed by atoms with E-state index in [1.807, 2.05) is 0 Å². The Morgan fingerprint density at radius 1 is 0.625 bits per heavy atom. The van der Waals surface area contributed by atoms with Gasteiger partial charge in [-0.2, -0.15) is 0 Å². The molecule has 0 aromatic rings. The zero-order chi connectivity index (χ0) is 4.50. The fraction of sp³-hybridized carbons (Fsp3) is 0. The molecule has 0 unspecified atom stereocenters. The molecular formula is H6Br4O3V. The van der Waals surface area contributed by atoms with Crippen LogP contribution in [-0.4, -0.2) is 16.4 Å². The van der Waals surface area contributed by atoms with E-state index in [-0.39, 0.29) is 16.4 Å². The minimum absolute atomic E-state index is 0.